The van der Waals surface area contributed by atoms with Gasteiger partial charge in [-0.1, -0.05) is 30.4 Å². The minimum Gasteiger partial charge on any atom is -0.490 e. The molecule has 132 valence electrons. The van der Waals surface area contributed by atoms with Crippen molar-refractivity contribution in [2.45, 2.75) is 32.8 Å². The van der Waals surface area contributed by atoms with E-state index in [1.807, 2.05) is 19.9 Å². The summed E-state index contributed by atoms with van der Waals surface area (Å²) >= 11 is 0. The van der Waals surface area contributed by atoms with Gasteiger partial charge in [0.05, 0.1) is 12.7 Å². The molecule has 1 aliphatic heterocycles. The highest BCUT2D eigenvalue weighted by atomic mass is 19.1. The van der Waals surface area contributed by atoms with Crippen molar-refractivity contribution in [1.29, 1.82) is 0 Å². The normalized spacial score (nSPS) is 23.4. The third-order valence-electron chi connectivity index (χ3n) is 4.55. The average Bonchev–Trinajstić information content (AvgIpc) is 2.76. The van der Waals surface area contributed by atoms with Gasteiger partial charge in [0.1, 0.15) is 0 Å². The molecule has 0 spiro atoms. The van der Waals surface area contributed by atoms with Gasteiger partial charge < -0.3 is 9.84 Å². The summed E-state index contributed by atoms with van der Waals surface area (Å²) < 4.78 is 19.2. The quantitative estimate of drug-likeness (QED) is 0.804. The summed E-state index contributed by atoms with van der Waals surface area (Å²) in [6.07, 6.45) is 7.46. The van der Waals surface area contributed by atoms with Gasteiger partial charge in [-0.25, -0.2) is 4.39 Å². The van der Waals surface area contributed by atoms with Gasteiger partial charge in [-0.2, -0.15) is 0 Å². The van der Waals surface area contributed by atoms with E-state index in [4.69, 9.17) is 4.74 Å². The smallest absolute Gasteiger partial charge is 0.165 e. The highest BCUT2D eigenvalue weighted by Crippen LogP contribution is 2.22. The number of aliphatic hydroxyl groups is 1. The molecule has 0 aromatic heterocycles. The average molecular weight is 333 g/mol. The van der Waals surface area contributed by atoms with E-state index in [0.717, 1.165) is 32.5 Å². The fourth-order valence-electron chi connectivity index (χ4n) is 3.03. The lowest BCUT2D eigenvalue weighted by atomic mass is 9.99. The zero-order chi connectivity index (χ0) is 17.4. The Bertz CT molecular complexity index is 571. The summed E-state index contributed by atoms with van der Waals surface area (Å²) in [5, 5.41) is 10.4. The van der Waals surface area contributed by atoms with Gasteiger partial charge >= 0.3 is 0 Å². The number of likely N-dealkylation sites (tertiary alicyclic amines) is 1. The van der Waals surface area contributed by atoms with Gasteiger partial charge in [0.25, 0.3) is 0 Å². The maximum Gasteiger partial charge on any atom is 0.165 e. The molecule has 24 heavy (non-hydrogen) atoms. The van der Waals surface area contributed by atoms with Crippen LogP contribution >= 0.6 is 0 Å². The van der Waals surface area contributed by atoms with Crippen molar-refractivity contribution in [2.75, 3.05) is 26.2 Å². The van der Waals surface area contributed by atoms with Crippen LogP contribution in [0, 0.1) is 11.7 Å². The fraction of sp³-hybridized carbons (Fsp3) is 0.500. The predicted molar refractivity (Wildman–Crippen MR) is 95.6 cm³/mol. The molecule has 1 aliphatic rings. The van der Waals surface area contributed by atoms with E-state index >= 15 is 0 Å². The van der Waals surface area contributed by atoms with E-state index < -0.39 is 6.10 Å². The molecule has 0 amide bonds. The van der Waals surface area contributed by atoms with Crippen molar-refractivity contribution in [3.8, 4) is 5.75 Å². The van der Waals surface area contributed by atoms with Crippen molar-refractivity contribution in [3.05, 3.63) is 53.9 Å². The number of hydrogen-bond donors (Lipinski definition) is 1. The number of halogens is 1. The lowest BCUT2D eigenvalue weighted by molar-refractivity contribution is 0.0712. The number of hydrogen-bond acceptors (Lipinski definition) is 3. The van der Waals surface area contributed by atoms with Crippen LogP contribution in [0.25, 0.3) is 0 Å². The van der Waals surface area contributed by atoms with Crippen LogP contribution in [0.4, 0.5) is 4.39 Å². The molecule has 1 fully saturated rings. The Morgan fingerprint density at radius 1 is 1.29 bits per heavy atom. The van der Waals surface area contributed by atoms with Crippen LogP contribution in [0.1, 0.15) is 26.7 Å². The molecule has 0 saturated carbocycles. The molecule has 2 atom stereocenters. The summed E-state index contributed by atoms with van der Waals surface area (Å²) in [7, 11) is 0. The van der Waals surface area contributed by atoms with Crippen LogP contribution in [-0.2, 0) is 0 Å². The Morgan fingerprint density at radius 2 is 2.04 bits per heavy atom. The Balaban J connectivity index is 1.89. The summed E-state index contributed by atoms with van der Waals surface area (Å²) in [5.74, 6) is -0.0632. The van der Waals surface area contributed by atoms with E-state index in [9.17, 15) is 9.50 Å². The lowest BCUT2D eigenvalue weighted by Gasteiger charge is -2.21. The second-order valence-electron chi connectivity index (χ2n) is 6.29. The first-order valence-electron chi connectivity index (χ1n) is 8.69. The van der Waals surface area contributed by atoms with Crippen molar-refractivity contribution < 1.29 is 14.2 Å². The maximum absolute atomic E-state index is 13.6. The van der Waals surface area contributed by atoms with E-state index in [-0.39, 0.29) is 17.5 Å². The topological polar surface area (TPSA) is 32.7 Å². The number of aliphatic hydroxyl groups excluding tert-OH is 1. The number of nitrogens with zero attached hydrogens (tertiary/aromatic N) is 1. The van der Waals surface area contributed by atoms with Crippen LogP contribution in [0.5, 0.6) is 5.75 Å². The maximum atomic E-state index is 13.6. The molecule has 1 heterocycles. The SMILES string of the molecule is C/C=C\C(=C/C)CN1CCC(O)[C@H](COc2ccccc2F)CC1. The van der Waals surface area contributed by atoms with Crippen LogP contribution in [0.3, 0.4) is 0 Å². The molecule has 0 aliphatic carbocycles. The van der Waals surface area contributed by atoms with E-state index in [0.29, 0.717) is 6.61 Å². The summed E-state index contributed by atoms with van der Waals surface area (Å²) in [6.45, 7) is 7.10. The van der Waals surface area contributed by atoms with Gasteiger partial charge in [0.15, 0.2) is 11.6 Å². The van der Waals surface area contributed by atoms with Crippen molar-refractivity contribution in [1.82, 2.24) is 4.90 Å². The molecule has 1 N–H and O–H groups in total. The van der Waals surface area contributed by atoms with Crippen molar-refractivity contribution >= 4 is 0 Å². The van der Waals surface area contributed by atoms with Crippen LogP contribution < -0.4 is 4.74 Å². The lowest BCUT2D eigenvalue weighted by Crippen LogP contribution is -2.27. The molecule has 1 saturated heterocycles. The summed E-state index contributed by atoms with van der Waals surface area (Å²) in [4.78, 5) is 2.36. The summed E-state index contributed by atoms with van der Waals surface area (Å²) in [5.41, 5.74) is 1.29. The largest absolute Gasteiger partial charge is 0.490 e. The minimum atomic E-state index is -0.405. The second kappa shape index (κ2) is 9.60. The third-order valence-corrected chi connectivity index (χ3v) is 4.55. The van der Waals surface area contributed by atoms with Crippen molar-refractivity contribution in [2.24, 2.45) is 5.92 Å². The number of benzene rings is 1. The third kappa shape index (κ3) is 5.46. The molecule has 2 rings (SSSR count). The molecular weight excluding hydrogens is 305 g/mol. The predicted octanol–water partition coefficient (Wildman–Crippen LogP) is 3.80. The molecule has 1 unspecified atom stereocenters. The zero-order valence-electron chi connectivity index (χ0n) is 14.6. The molecule has 1 aromatic carbocycles. The van der Waals surface area contributed by atoms with Crippen LogP contribution in [0.15, 0.2) is 48.1 Å². The Labute approximate surface area is 144 Å². The highest BCUT2D eigenvalue weighted by molar-refractivity contribution is 5.23. The van der Waals surface area contributed by atoms with Gasteiger partial charge in [-0.3, -0.25) is 4.90 Å². The zero-order valence-corrected chi connectivity index (χ0v) is 14.6. The molecule has 0 bridgehead atoms. The number of rotatable bonds is 6. The minimum absolute atomic E-state index is 0.0328. The Kier molecular flexibility index (Phi) is 7.47. The summed E-state index contributed by atoms with van der Waals surface area (Å²) in [6, 6.07) is 6.41. The van der Waals surface area contributed by atoms with Gasteiger partial charge in [-0.15, -0.1) is 0 Å². The molecular formula is C20H28FNO2. The van der Waals surface area contributed by atoms with Crippen molar-refractivity contribution in [3.63, 3.8) is 0 Å². The van der Waals surface area contributed by atoms with E-state index in [2.05, 4.69) is 17.1 Å². The standard InChI is InChI=1S/C20H28FNO2/c1-3-7-16(4-2)14-22-12-10-17(19(23)11-13-22)15-24-20-9-6-5-8-18(20)21/h3-9,17,19,23H,10-15H2,1-2H3/b7-3-,16-4+/t17-,19?/m0/s1. The van der Waals surface area contributed by atoms with Crippen LogP contribution in [0.2, 0.25) is 0 Å². The first-order chi connectivity index (χ1) is 11.6. The Hall–Kier alpha value is -1.65. The first kappa shape index (κ1) is 18.7. The Morgan fingerprint density at radius 3 is 2.75 bits per heavy atom. The molecule has 4 heteroatoms. The molecule has 0 radical (unpaired) electrons. The number of allylic oxidation sites excluding steroid dienone is 2. The van der Waals surface area contributed by atoms with Gasteiger partial charge in [0.2, 0.25) is 0 Å². The number of ether oxygens (including phenoxy) is 1. The first-order valence-corrected chi connectivity index (χ1v) is 8.69. The second-order valence-corrected chi connectivity index (χ2v) is 6.29. The van der Waals surface area contributed by atoms with E-state index in [1.54, 1.807) is 18.2 Å². The fourth-order valence-corrected chi connectivity index (χ4v) is 3.03. The molecule has 3 nitrogen and oxygen atoms in total. The highest BCUT2D eigenvalue weighted by Gasteiger charge is 2.25. The van der Waals surface area contributed by atoms with Gasteiger partial charge in [-0.05, 0) is 50.9 Å². The number of para-hydroxylation sites is 1. The van der Waals surface area contributed by atoms with Gasteiger partial charge in [0, 0.05) is 19.0 Å². The molecule has 1 aromatic rings. The monoisotopic (exact) mass is 333 g/mol. The van der Waals surface area contributed by atoms with Crippen LogP contribution in [-0.4, -0.2) is 42.4 Å². The van der Waals surface area contributed by atoms with E-state index in [1.165, 1.54) is 11.6 Å².